The van der Waals surface area contributed by atoms with Gasteiger partial charge < -0.3 is 14.1 Å². The molecule has 0 atom stereocenters. The number of nitro benzene ring substituents is 1. The summed E-state index contributed by atoms with van der Waals surface area (Å²) in [6.07, 6.45) is 6.09. The molecule has 0 aliphatic heterocycles. The molecule has 3 aromatic rings. The van der Waals surface area contributed by atoms with Gasteiger partial charge in [-0.25, -0.2) is 4.98 Å². The van der Waals surface area contributed by atoms with Gasteiger partial charge in [-0.3, -0.25) is 28.8 Å². The maximum Gasteiger partial charge on any atom is 0.394 e. The fourth-order valence-corrected chi connectivity index (χ4v) is 2.59. The molecular weight excluding hydrogens is 410 g/mol. The summed E-state index contributed by atoms with van der Waals surface area (Å²) >= 11 is 0. The van der Waals surface area contributed by atoms with Crippen molar-refractivity contribution >= 4 is 27.1 Å². The summed E-state index contributed by atoms with van der Waals surface area (Å²) in [6.45, 7) is 2.35. The van der Waals surface area contributed by atoms with Gasteiger partial charge in [-0.2, -0.15) is 8.42 Å². The third kappa shape index (κ3) is 5.56. The van der Waals surface area contributed by atoms with E-state index in [1.807, 2.05) is 6.92 Å². The van der Waals surface area contributed by atoms with Crippen LogP contribution < -0.4 is 11.1 Å². The Morgan fingerprint density at radius 3 is 2.45 bits per heavy atom. The molecule has 2 heterocycles. The van der Waals surface area contributed by atoms with Crippen LogP contribution in [0.15, 0.2) is 40.4 Å². The first-order valence-electron chi connectivity index (χ1n) is 8.16. The van der Waals surface area contributed by atoms with Crippen LogP contribution in [0.3, 0.4) is 0 Å². The zero-order valence-corrected chi connectivity index (χ0v) is 15.9. The van der Waals surface area contributed by atoms with Crippen molar-refractivity contribution in [3.8, 4) is 5.69 Å². The van der Waals surface area contributed by atoms with Crippen LogP contribution >= 0.6 is 0 Å². The average molecular weight is 427 g/mol. The summed E-state index contributed by atoms with van der Waals surface area (Å²) in [5.41, 5.74) is -0.656. The van der Waals surface area contributed by atoms with Crippen molar-refractivity contribution in [2.24, 2.45) is 0 Å². The number of imidazole rings is 1. The second kappa shape index (κ2) is 8.76. The van der Waals surface area contributed by atoms with Crippen LogP contribution in [0.4, 0.5) is 5.69 Å². The highest BCUT2D eigenvalue weighted by molar-refractivity contribution is 7.79. The number of aromatic nitrogens is 4. The molecule has 0 aliphatic carbocycles. The average Bonchev–Trinajstić information content (AvgIpc) is 3.14. The zero-order valence-electron chi connectivity index (χ0n) is 15.0. The number of hydrogen-bond donors (Lipinski definition) is 3. The van der Waals surface area contributed by atoms with Gasteiger partial charge in [0.1, 0.15) is 5.69 Å². The van der Waals surface area contributed by atoms with Gasteiger partial charge in [0.25, 0.3) is 5.69 Å². The van der Waals surface area contributed by atoms with Crippen LogP contribution in [-0.4, -0.2) is 41.5 Å². The van der Waals surface area contributed by atoms with Crippen molar-refractivity contribution in [3.05, 3.63) is 61.7 Å². The summed E-state index contributed by atoms with van der Waals surface area (Å²) < 4.78 is 34.4. The number of rotatable bonds is 5. The van der Waals surface area contributed by atoms with Gasteiger partial charge in [-0.05, 0) is 12.5 Å². The second-order valence-corrected chi connectivity index (χ2v) is 6.69. The van der Waals surface area contributed by atoms with Gasteiger partial charge >= 0.3 is 21.5 Å². The first-order valence-corrected chi connectivity index (χ1v) is 9.56. The smallest absolute Gasteiger partial charge is 0.316 e. The molecule has 0 radical (unpaired) electrons. The highest BCUT2D eigenvalue weighted by Gasteiger charge is 2.19. The van der Waals surface area contributed by atoms with Crippen LogP contribution in [0.25, 0.3) is 16.7 Å². The minimum Gasteiger partial charge on any atom is -0.316 e. The lowest BCUT2D eigenvalue weighted by atomic mass is 10.2. The lowest BCUT2D eigenvalue weighted by Gasteiger charge is -2.11. The largest absolute Gasteiger partial charge is 0.394 e. The summed E-state index contributed by atoms with van der Waals surface area (Å²) in [5.74, 6) is 0. The molecule has 3 N–H and O–H groups in total. The molecular formula is C15H17N5O8S. The van der Waals surface area contributed by atoms with E-state index in [-0.39, 0.29) is 16.9 Å². The SMILES string of the molecule is CCCCn1c(=O)c(=O)[nH]c2cc([N+](=O)[O-])c(-n3ccnc3)cc21.O=S(=O)(O)O. The Kier molecular flexibility index (Phi) is 6.63. The standard InChI is InChI=1S/C15H15N5O4.H2O4S/c1-2-3-5-19-11-8-12(18-6-4-16-9-18)13(20(23)24)7-10(11)17-14(21)15(19)22;1-5(2,3)4/h4,6-9H,2-3,5H2,1H3,(H,17,21);(H2,1,2,3,4). The number of nitrogens with zero attached hydrogens (tertiary/aromatic N) is 4. The highest BCUT2D eigenvalue weighted by Crippen LogP contribution is 2.27. The maximum atomic E-state index is 12.2. The summed E-state index contributed by atoms with van der Waals surface area (Å²) in [4.78, 5) is 41.2. The van der Waals surface area contributed by atoms with Crippen molar-refractivity contribution in [3.63, 3.8) is 0 Å². The molecule has 0 amide bonds. The quantitative estimate of drug-likeness (QED) is 0.230. The Labute approximate surface area is 163 Å². The van der Waals surface area contributed by atoms with E-state index in [0.29, 0.717) is 12.1 Å². The van der Waals surface area contributed by atoms with Crippen molar-refractivity contribution in [2.45, 2.75) is 26.3 Å². The minimum atomic E-state index is -4.67. The number of unbranched alkanes of at least 4 members (excludes halogenated alkanes) is 1. The van der Waals surface area contributed by atoms with Gasteiger partial charge in [0.2, 0.25) is 0 Å². The Bertz CT molecular complexity index is 1240. The molecule has 29 heavy (non-hydrogen) atoms. The van der Waals surface area contributed by atoms with Gasteiger partial charge in [0.05, 0.1) is 22.3 Å². The molecule has 0 spiro atoms. The third-order valence-electron chi connectivity index (χ3n) is 3.79. The number of benzene rings is 1. The van der Waals surface area contributed by atoms with Gasteiger partial charge in [-0.15, -0.1) is 0 Å². The number of aromatic amines is 1. The number of nitrogens with one attached hydrogen (secondary N) is 1. The maximum absolute atomic E-state index is 12.2. The van der Waals surface area contributed by atoms with E-state index in [4.69, 9.17) is 17.5 Å². The molecule has 0 saturated carbocycles. The van der Waals surface area contributed by atoms with E-state index in [0.717, 1.165) is 12.8 Å². The predicted molar refractivity (Wildman–Crippen MR) is 102 cm³/mol. The molecule has 3 rings (SSSR count). The Hall–Kier alpha value is -3.36. The molecule has 1 aromatic carbocycles. The fraction of sp³-hybridized carbons (Fsp3) is 0.267. The van der Waals surface area contributed by atoms with E-state index in [1.165, 1.54) is 33.8 Å². The topological polar surface area (TPSA) is 190 Å². The second-order valence-electron chi connectivity index (χ2n) is 5.80. The molecule has 14 heteroatoms. The van der Waals surface area contributed by atoms with Crippen molar-refractivity contribution in [1.29, 1.82) is 0 Å². The molecule has 0 bridgehead atoms. The predicted octanol–water partition coefficient (Wildman–Crippen LogP) is 0.931. The third-order valence-corrected chi connectivity index (χ3v) is 3.79. The summed E-state index contributed by atoms with van der Waals surface area (Å²) in [7, 11) is -4.67. The number of aryl methyl sites for hydroxylation is 1. The van der Waals surface area contributed by atoms with Crippen molar-refractivity contribution in [2.75, 3.05) is 0 Å². The molecule has 156 valence electrons. The summed E-state index contributed by atoms with van der Waals surface area (Å²) in [6, 6.07) is 2.80. The number of nitro groups is 1. The number of hydrogen-bond acceptors (Lipinski definition) is 7. The van der Waals surface area contributed by atoms with Crippen LogP contribution in [-0.2, 0) is 16.9 Å². The molecule has 0 fully saturated rings. The van der Waals surface area contributed by atoms with Crippen molar-refractivity contribution in [1.82, 2.24) is 19.1 Å². The van der Waals surface area contributed by atoms with Crippen LogP contribution in [0, 0.1) is 10.1 Å². The lowest BCUT2D eigenvalue weighted by molar-refractivity contribution is -0.384. The Balaban J connectivity index is 0.000000537. The summed E-state index contributed by atoms with van der Waals surface area (Å²) in [5, 5.41) is 11.4. The zero-order chi connectivity index (χ0) is 21.8. The molecule has 2 aromatic heterocycles. The van der Waals surface area contributed by atoms with Crippen molar-refractivity contribution < 1.29 is 22.4 Å². The minimum absolute atomic E-state index is 0.183. The first-order chi connectivity index (χ1) is 13.5. The van der Waals surface area contributed by atoms with Gasteiger partial charge in [0.15, 0.2) is 0 Å². The van der Waals surface area contributed by atoms with E-state index < -0.39 is 26.4 Å². The number of H-pyrrole nitrogens is 1. The van der Waals surface area contributed by atoms with E-state index >= 15 is 0 Å². The molecule has 0 unspecified atom stereocenters. The lowest BCUT2D eigenvalue weighted by Crippen LogP contribution is -2.36. The Morgan fingerprint density at radius 2 is 1.93 bits per heavy atom. The highest BCUT2D eigenvalue weighted by atomic mass is 32.3. The van der Waals surface area contributed by atoms with E-state index in [2.05, 4.69) is 9.97 Å². The Morgan fingerprint density at radius 1 is 1.28 bits per heavy atom. The van der Waals surface area contributed by atoms with Gasteiger partial charge in [0, 0.05) is 25.0 Å². The van der Waals surface area contributed by atoms with Gasteiger partial charge in [-0.1, -0.05) is 13.3 Å². The molecule has 0 aliphatic rings. The number of fused-ring (bicyclic) bond motifs is 1. The molecule has 13 nitrogen and oxygen atoms in total. The van der Waals surface area contributed by atoms with Crippen LogP contribution in [0.2, 0.25) is 0 Å². The first kappa shape index (κ1) is 21.9. The van der Waals surface area contributed by atoms with Crippen LogP contribution in [0.1, 0.15) is 19.8 Å². The molecule has 0 saturated heterocycles. The van der Waals surface area contributed by atoms with Crippen LogP contribution in [0.5, 0.6) is 0 Å². The normalized spacial score (nSPS) is 11.1. The van der Waals surface area contributed by atoms with E-state index in [1.54, 1.807) is 6.20 Å². The fourth-order valence-electron chi connectivity index (χ4n) is 2.59. The van der Waals surface area contributed by atoms with E-state index in [9.17, 15) is 19.7 Å². The monoisotopic (exact) mass is 427 g/mol.